The molecule has 29 heavy (non-hydrogen) atoms. The van der Waals surface area contributed by atoms with Crippen LogP contribution < -0.4 is 10.9 Å². The summed E-state index contributed by atoms with van der Waals surface area (Å²) in [6, 6.07) is 4.04. The summed E-state index contributed by atoms with van der Waals surface area (Å²) < 4.78 is 7.45. The fourth-order valence-corrected chi connectivity index (χ4v) is 4.47. The van der Waals surface area contributed by atoms with Crippen molar-refractivity contribution in [1.29, 1.82) is 0 Å². The third-order valence-corrected chi connectivity index (χ3v) is 6.08. The van der Waals surface area contributed by atoms with E-state index in [1.807, 2.05) is 28.6 Å². The first kappa shape index (κ1) is 18.3. The van der Waals surface area contributed by atoms with Crippen LogP contribution in [0.2, 0.25) is 0 Å². The molecule has 0 radical (unpaired) electrons. The molecule has 2 saturated heterocycles. The van der Waals surface area contributed by atoms with Gasteiger partial charge in [0.15, 0.2) is 0 Å². The van der Waals surface area contributed by atoms with Crippen molar-refractivity contribution in [3.63, 3.8) is 0 Å². The Morgan fingerprint density at radius 3 is 2.69 bits per heavy atom. The number of ether oxygens (including phenoxy) is 1. The summed E-state index contributed by atoms with van der Waals surface area (Å²) >= 11 is 0. The lowest BCUT2D eigenvalue weighted by molar-refractivity contribution is 0.0675. The van der Waals surface area contributed by atoms with E-state index in [1.165, 1.54) is 0 Å². The predicted molar refractivity (Wildman–Crippen MR) is 110 cm³/mol. The maximum atomic E-state index is 13.2. The van der Waals surface area contributed by atoms with E-state index < -0.39 is 0 Å². The minimum absolute atomic E-state index is 0.0439. The van der Waals surface area contributed by atoms with E-state index in [2.05, 4.69) is 15.4 Å². The van der Waals surface area contributed by atoms with E-state index in [1.54, 1.807) is 6.20 Å². The summed E-state index contributed by atoms with van der Waals surface area (Å²) in [7, 11) is 0. The molecule has 2 aromatic heterocycles. The Bertz CT molecular complexity index is 1140. The lowest BCUT2D eigenvalue weighted by Gasteiger charge is -2.28. The van der Waals surface area contributed by atoms with Gasteiger partial charge in [0, 0.05) is 50.3 Å². The third kappa shape index (κ3) is 3.12. The molecule has 0 spiro atoms. The van der Waals surface area contributed by atoms with Crippen LogP contribution in [0, 0.1) is 6.92 Å². The topological polar surface area (TPSA) is 92.2 Å². The summed E-state index contributed by atoms with van der Waals surface area (Å²) in [5, 5.41) is 9.27. The molecular formula is C21H25N5O3. The minimum Gasteiger partial charge on any atom is -0.381 e. The van der Waals surface area contributed by atoms with Crippen LogP contribution in [-0.2, 0) is 4.74 Å². The molecule has 152 valence electrons. The number of hydrogen-bond acceptors (Lipinski definition) is 5. The van der Waals surface area contributed by atoms with Crippen LogP contribution in [0.3, 0.4) is 0 Å². The first-order chi connectivity index (χ1) is 14.1. The first-order valence-electron chi connectivity index (χ1n) is 10.2. The van der Waals surface area contributed by atoms with Crippen molar-refractivity contribution in [3.8, 4) is 0 Å². The van der Waals surface area contributed by atoms with Gasteiger partial charge in [-0.3, -0.25) is 14.3 Å². The van der Waals surface area contributed by atoms with Crippen LogP contribution in [0.15, 0.2) is 23.1 Å². The predicted octanol–water partition coefficient (Wildman–Crippen LogP) is 1.58. The molecule has 5 rings (SSSR count). The lowest BCUT2D eigenvalue weighted by atomic mass is 10.0. The summed E-state index contributed by atoms with van der Waals surface area (Å²) in [4.78, 5) is 30.7. The minimum atomic E-state index is -0.147. The normalized spacial score (nSPS) is 18.6. The first-order valence-corrected chi connectivity index (χ1v) is 10.2. The van der Waals surface area contributed by atoms with Crippen molar-refractivity contribution in [1.82, 2.24) is 25.0 Å². The molecule has 8 heteroatoms. The Morgan fingerprint density at radius 2 is 1.93 bits per heavy atom. The Morgan fingerprint density at radius 1 is 1.17 bits per heavy atom. The average molecular weight is 395 g/mol. The van der Waals surface area contributed by atoms with E-state index >= 15 is 0 Å². The van der Waals surface area contributed by atoms with Crippen LogP contribution in [0.25, 0.3) is 21.8 Å². The van der Waals surface area contributed by atoms with Gasteiger partial charge in [-0.1, -0.05) is 0 Å². The molecule has 1 aromatic carbocycles. The highest BCUT2D eigenvalue weighted by Crippen LogP contribution is 2.30. The molecule has 2 N–H and O–H groups in total. The zero-order valence-corrected chi connectivity index (χ0v) is 16.5. The fraction of sp³-hybridized carbons (Fsp3) is 0.476. The number of piperazine rings is 1. The van der Waals surface area contributed by atoms with Gasteiger partial charge in [-0.05, 0) is 37.5 Å². The Labute approximate surface area is 167 Å². The second-order valence-corrected chi connectivity index (χ2v) is 7.90. The number of aromatic amines is 1. The van der Waals surface area contributed by atoms with Crippen LogP contribution in [0.4, 0.5) is 0 Å². The van der Waals surface area contributed by atoms with Gasteiger partial charge in [-0.2, -0.15) is 5.10 Å². The summed E-state index contributed by atoms with van der Waals surface area (Å²) in [6.45, 7) is 6.35. The number of hydrogen-bond donors (Lipinski definition) is 2. The van der Waals surface area contributed by atoms with Crippen LogP contribution in [0.1, 0.15) is 34.8 Å². The summed E-state index contributed by atoms with van der Waals surface area (Å²) in [6.07, 6.45) is 3.37. The number of carbonyl (C=O) groups is 1. The number of amides is 1. The van der Waals surface area contributed by atoms with Gasteiger partial charge in [0.05, 0.1) is 28.7 Å². The van der Waals surface area contributed by atoms with Crippen molar-refractivity contribution in [2.24, 2.45) is 0 Å². The maximum absolute atomic E-state index is 13.2. The number of carbonyl (C=O) groups excluding carboxylic acids is 1. The number of aryl methyl sites for hydroxylation is 1. The molecular weight excluding hydrogens is 370 g/mol. The van der Waals surface area contributed by atoms with Gasteiger partial charge in [-0.15, -0.1) is 0 Å². The molecule has 4 heterocycles. The van der Waals surface area contributed by atoms with Crippen molar-refractivity contribution in [2.75, 3.05) is 39.4 Å². The van der Waals surface area contributed by atoms with E-state index in [4.69, 9.17) is 4.74 Å². The molecule has 0 saturated carbocycles. The van der Waals surface area contributed by atoms with Gasteiger partial charge in [0.2, 0.25) is 0 Å². The zero-order chi connectivity index (χ0) is 20.0. The number of benzene rings is 1. The number of nitrogens with one attached hydrogen (secondary N) is 2. The highest BCUT2D eigenvalue weighted by Gasteiger charge is 2.24. The number of H-pyrrole nitrogens is 1. The Hall–Kier alpha value is -2.71. The number of pyridine rings is 1. The average Bonchev–Trinajstić information content (AvgIpc) is 3.20. The highest BCUT2D eigenvalue weighted by atomic mass is 16.5. The molecule has 0 aliphatic carbocycles. The summed E-state index contributed by atoms with van der Waals surface area (Å²) in [5.74, 6) is 0.0439. The fourth-order valence-electron chi connectivity index (χ4n) is 4.47. The largest absolute Gasteiger partial charge is 0.381 e. The second kappa shape index (κ2) is 7.27. The van der Waals surface area contributed by atoms with Crippen LogP contribution in [0.5, 0.6) is 0 Å². The standard InChI is InChI=1S/C21H25N5O3/c1-13-10-18-16(11-15(13)21(28)25-6-4-22-5-7-25)19-17(20(27)24-18)12-23-26(19)14-2-8-29-9-3-14/h10-12,14,22H,2-9H2,1H3,(H,24,27). The molecule has 0 bridgehead atoms. The Kier molecular flexibility index (Phi) is 4.60. The SMILES string of the molecule is Cc1cc2[nH]c(=O)c3cnn(C4CCOCC4)c3c2cc1C(=O)N1CCNCC1. The van der Waals surface area contributed by atoms with Gasteiger partial charge >= 0.3 is 0 Å². The number of rotatable bonds is 2. The Balaban J connectivity index is 1.69. The third-order valence-electron chi connectivity index (χ3n) is 6.08. The second-order valence-electron chi connectivity index (χ2n) is 7.90. The van der Waals surface area contributed by atoms with Crippen molar-refractivity contribution in [2.45, 2.75) is 25.8 Å². The molecule has 3 aromatic rings. The van der Waals surface area contributed by atoms with E-state index in [0.29, 0.717) is 37.3 Å². The van der Waals surface area contributed by atoms with Crippen LogP contribution >= 0.6 is 0 Å². The molecule has 0 atom stereocenters. The maximum Gasteiger partial charge on any atom is 0.259 e. The van der Waals surface area contributed by atoms with Gasteiger partial charge in [0.25, 0.3) is 11.5 Å². The highest BCUT2D eigenvalue weighted by molar-refractivity contribution is 6.07. The molecule has 0 unspecified atom stereocenters. The van der Waals surface area contributed by atoms with Gasteiger partial charge < -0.3 is 19.9 Å². The van der Waals surface area contributed by atoms with Gasteiger partial charge in [-0.25, -0.2) is 0 Å². The smallest absolute Gasteiger partial charge is 0.259 e. The number of aromatic nitrogens is 3. The van der Waals surface area contributed by atoms with Gasteiger partial charge in [0.1, 0.15) is 0 Å². The van der Waals surface area contributed by atoms with Crippen molar-refractivity contribution < 1.29 is 9.53 Å². The van der Waals surface area contributed by atoms with Crippen molar-refractivity contribution in [3.05, 3.63) is 39.8 Å². The van der Waals surface area contributed by atoms with Crippen LogP contribution in [-0.4, -0.2) is 65.0 Å². The molecule has 1 amide bonds. The zero-order valence-electron chi connectivity index (χ0n) is 16.5. The number of nitrogens with zero attached hydrogens (tertiary/aromatic N) is 3. The summed E-state index contributed by atoms with van der Waals surface area (Å²) in [5.41, 5.74) is 2.96. The van der Waals surface area contributed by atoms with Crippen molar-refractivity contribution >= 4 is 27.7 Å². The molecule has 2 fully saturated rings. The monoisotopic (exact) mass is 395 g/mol. The van der Waals surface area contributed by atoms with E-state index in [-0.39, 0.29) is 17.5 Å². The molecule has 2 aliphatic heterocycles. The number of fused-ring (bicyclic) bond motifs is 3. The van der Waals surface area contributed by atoms with E-state index in [9.17, 15) is 9.59 Å². The van der Waals surface area contributed by atoms with E-state index in [0.717, 1.165) is 47.9 Å². The molecule has 2 aliphatic rings. The quantitative estimate of drug-likeness (QED) is 0.687. The lowest BCUT2D eigenvalue weighted by Crippen LogP contribution is -2.46. The molecule has 8 nitrogen and oxygen atoms in total.